The molecule has 4 aliphatic carbocycles. The Morgan fingerprint density at radius 1 is 0.963 bits per heavy atom. The third-order valence-corrected chi connectivity index (χ3v) is 8.02. The highest BCUT2D eigenvalue weighted by Crippen LogP contribution is 2.61. The highest BCUT2D eigenvalue weighted by molar-refractivity contribution is 6.30. The molecule has 1 aromatic carbocycles. The van der Waals surface area contributed by atoms with E-state index < -0.39 is 0 Å². The minimum Gasteiger partial charge on any atom is -0.282 e. The van der Waals surface area contributed by atoms with Gasteiger partial charge >= 0.3 is 0 Å². The molecular formula is C23H28ClNO2. The van der Waals surface area contributed by atoms with Crippen LogP contribution in [0.3, 0.4) is 0 Å². The number of halogens is 1. The summed E-state index contributed by atoms with van der Waals surface area (Å²) in [6.45, 7) is 0.640. The maximum absolute atomic E-state index is 12.9. The molecule has 3 nitrogen and oxygen atoms in total. The number of imide groups is 1. The molecule has 0 spiro atoms. The zero-order valence-electron chi connectivity index (χ0n) is 15.8. The van der Waals surface area contributed by atoms with Crippen LogP contribution in [0.4, 0.5) is 0 Å². The number of carbonyl (C=O) groups excluding carboxylic acids is 2. The Kier molecular flexibility index (Phi) is 4.34. The van der Waals surface area contributed by atoms with Crippen LogP contribution in [0.25, 0.3) is 0 Å². The third-order valence-electron chi connectivity index (χ3n) is 7.76. The van der Waals surface area contributed by atoms with Gasteiger partial charge in [-0.2, -0.15) is 0 Å². The normalized spacial score (nSPS) is 37.4. The number of nitrogens with zero attached hydrogens (tertiary/aromatic N) is 1. The molecule has 0 radical (unpaired) electrons. The summed E-state index contributed by atoms with van der Waals surface area (Å²) in [7, 11) is 0. The van der Waals surface area contributed by atoms with Crippen molar-refractivity contribution in [1.82, 2.24) is 4.90 Å². The summed E-state index contributed by atoms with van der Waals surface area (Å²) < 4.78 is 0. The van der Waals surface area contributed by atoms with Gasteiger partial charge in [0.1, 0.15) is 0 Å². The molecule has 1 atom stereocenters. The molecule has 6 rings (SSSR count). The molecule has 0 aromatic heterocycles. The first-order valence-electron chi connectivity index (χ1n) is 10.6. The number of likely N-dealkylation sites (tertiary alicyclic amines) is 1. The van der Waals surface area contributed by atoms with E-state index in [1.807, 2.05) is 24.3 Å². The summed E-state index contributed by atoms with van der Waals surface area (Å²) in [6.07, 6.45) is 10.3. The molecule has 4 bridgehead atoms. The molecule has 27 heavy (non-hydrogen) atoms. The Bertz CT molecular complexity index is 721. The van der Waals surface area contributed by atoms with Gasteiger partial charge < -0.3 is 0 Å². The van der Waals surface area contributed by atoms with Crippen LogP contribution in [-0.4, -0.2) is 23.3 Å². The van der Waals surface area contributed by atoms with E-state index in [4.69, 9.17) is 11.6 Å². The summed E-state index contributed by atoms with van der Waals surface area (Å²) >= 11 is 5.94. The van der Waals surface area contributed by atoms with Crippen molar-refractivity contribution in [3.8, 4) is 0 Å². The second kappa shape index (κ2) is 6.62. The van der Waals surface area contributed by atoms with E-state index in [9.17, 15) is 9.59 Å². The summed E-state index contributed by atoms with van der Waals surface area (Å²) in [4.78, 5) is 27.0. The molecule has 144 valence electrons. The molecule has 1 heterocycles. The SMILES string of the molecule is O=C1C[C@@H](Cc2ccc(Cl)cc2)C(=O)N1CCC12CC3CC(CC(C3)C1)C2. The van der Waals surface area contributed by atoms with Gasteiger partial charge in [0.05, 0.1) is 5.92 Å². The first-order valence-corrected chi connectivity index (χ1v) is 11.0. The molecular weight excluding hydrogens is 358 g/mol. The second-order valence-electron chi connectivity index (χ2n) is 9.78. The van der Waals surface area contributed by atoms with Crippen LogP contribution in [0, 0.1) is 29.1 Å². The molecule has 1 aromatic rings. The van der Waals surface area contributed by atoms with Crippen LogP contribution < -0.4 is 0 Å². The lowest BCUT2D eigenvalue weighted by Crippen LogP contribution is -2.47. The molecule has 0 N–H and O–H groups in total. The zero-order valence-corrected chi connectivity index (χ0v) is 16.6. The fraction of sp³-hybridized carbons (Fsp3) is 0.652. The van der Waals surface area contributed by atoms with Gasteiger partial charge in [-0.1, -0.05) is 23.7 Å². The van der Waals surface area contributed by atoms with E-state index in [-0.39, 0.29) is 17.7 Å². The monoisotopic (exact) mass is 385 g/mol. The van der Waals surface area contributed by atoms with E-state index in [0.29, 0.717) is 29.8 Å². The fourth-order valence-electron chi connectivity index (χ4n) is 7.00. The van der Waals surface area contributed by atoms with Crippen molar-refractivity contribution in [3.63, 3.8) is 0 Å². The first-order chi connectivity index (χ1) is 13.0. The number of carbonyl (C=O) groups is 2. The van der Waals surface area contributed by atoms with Gasteiger partial charge in [0.25, 0.3) is 0 Å². The second-order valence-corrected chi connectivity index (χ2v) is 10.2. The summed E-state index contributed by atoms with van der Waals surface area (Å²) in [5.41, 5.74) is 1.50. The van der Waals surface area contributed by atoms with Gasteiger partial charge in [-0.15, -0.1) is 0 Å². The highest BCUT2D eigenvalue weighted by Gasteiger charge is 2.51. The first kappa shape index (κ1) is 17.7. The predicted octanol–water partition coefficient (Wildman–Crippen LogP) is 4.86. The average molecular weight is 386 g/mol. The quantitative estimate of drug-likeness (QED) is 0.678. The fourth-order valence-corrected chi connectivity index (χ4v) is 7.12. The molecule has 4 heteroatoms. The van der Waals surface area contributed by atoms with Crippen molar-refractivity contribution in [2.75, 3.05) is 6.54 Å². The Morgan fingerprint density at radius 3 is 2.15 bits per heavy atom. The smallest absolute Gasteiger partial charge is 0.233 e. The lowest BCUT2D eigenvalue weighted by molar-refractivity contribution is -0.140. The van der Waals surface area contributed by atoms with Gasteiger partial charge in [0.15, 0.2) is 0 Å². The molecule has 2 amide bonds. The number of amides is 2. The Hall–Kier alpha value is -1.35. The lowest BCUT2D eigenvalue weighted by atomic mass is 9.49. The van der Waals surface area contributed by atoms with Crippen molar-refractivity contribution in [2.24, 2.45) is 29.1 Å². The summed E-state index contributed by atoms with van der Waals surface area (Å²) in [6, 6.07) is 7.61. The minimum absolute atomic E-state index is 0.0312. The van der Waals surface area contributed by atoms with Crippen molar-refractivity contribution >= 4 is 23.4 Å². The van der Waals surface area contributed by atoms with Crippen LogP contribution >= 0.6 is 11.6 Å². The number of benzene rings is 1. The number of hydrogen-bond donors (Lipinski definition) is 0. The van der Waals surface area contributed by atoms with Gasteiger partial charge in [-0.25, -0.2) is 0 Å². The number of rotatable bonds is 5. The van der Waals surface area contributed by atoms with Crippen molar-refractivity contribution in [2.45, 2.75) is 57.8 Å². The molecule has 5 fully saturated rings. The Labute approximate surface area is 166 Å². The van der Waals surface area contributed by atoms with E-state index in [2.05, 4.69) is 0 Å². The van der Waals surface area contributed by atoms with Crippen molar-refractivity contribution < 1.29 is 9.59 Å². The van der Waals surface area contributed by atoms with E-state index in [0.717, 1.165) is 29.7 Å². The van der Waals surface area contributed by atoms with E-state index >= 15 is 0 Å². The van der Waals surface area contributed by atoms with Crippen LogP contribution in [0.5, 0.6) is 0 Å². The maximum Gasteiger partial charge on any atom is 0.233 e. The van der Waals surface area contributed by atoms with Gasteiger partial charge in [0, 0.05) is 18.0 Å². The van der Waals surface area contributed by atoms with E-state index in [1.54, 1.807) is 4.90 Å². The summed E-state index contributed by atoms with van der Waals surface area (Å²) in [5.74, 6) is 2.62. The molecule has 1 aliphatic heterocycles. The van der Waals surface area contributed by atoms with Crippen molar-refractivity contribution in [1.29, 1.82) is 0 Å². The number of hydrogen-bond acceptors (Lipinski definition) is 2. The largest absolute Gasteiger partial charge is 0.282 e. The zero-order chi connectivity index (χ0) is 18.6. The topological polar surface area (TPSA) is 37.4 Å². The minimum atomic E-state index is -0.199. The lowest BCUT2D eigenvalue weighted by Gasteiger charge is -2.57. The van der Waals surface area contributed by atoms with Crippen LogP contribution in [-0.2, 0) is 16.0 Å². The molecule has 4 saturated carbocycles. The third kappa shape index (κ3) is 3.33. The Morgan fingerprint density at radius 2 is 1.56 bits per heavy atom. The van der Waals surface area contributed by atoms with Gasteiger partial charge in [0.2, 0.25) is 11.8 Å². The van der Waals surface area contributed by atoms with E-state index in [1.165, 1.54) is 38.5 Å². The standard InChI is InChI=1S/C23H28ClNO2/c24-20-3-1-15(2-4-20)10-19-11-21(26)25(22(19)27)6-5-23-12-16-7-17(13-23)9-18(8-16)14-23/h1-4,16-19H,5-14H2/t16?,17?,18?,19-,23?/m1/s1. The van der Waals surface area contributed by atoms with Crippen LogP contribution in [0.1, 0.15) is 56.9 Å². The Balaban J connectivity index is 1.23. The molecule has 1 saturated heterocycles. The average Bonchev–Trinajstić information content (AvgIpc) is 2.87. The molecule has 5 aliphatic rings. The molecule has 0 unspecified atom stereocenters. The van der Waals surface area contributed by atoms with Crippen molar-refractivity contribution in [3.05, 3.63) is 34.9 Å². The van der Waals surface area contributed by atoms with Gasteiger partial charge in [-0.05, 0) is 92.2 Å². The van der Waals surface area contributed by atoms with Crippen LogP contribution in [0.2, 0.25) is 5.02 Å². The van der Waals surface area contributed by atoms with Crippen LogP contribution in [0.15, 0.2) is 24.3 Å². The maximum atomic E-state index is 12.9. The predicted molar refractivity (Wildman–Crippen MR) is 105 cm³/mol. The highest BCUT2D eigenvalue weighted by atomic mass is 35.5. The summed E-state index contributed by atoms with van der Waals surface area (Å²) in [5, 5.41) is 0.699. The van der Waals surface area contributed by atoms with Gasteiger partial charge in [-0.3, -0.25) is 14.5 Å².